The van der Waals surface area contributed by atoms with Crippen LogP contribution in [-0.2, 0) is 8.37 Å². The lowest BCUT2D eigenvalue weighted by atomic mass is 10.1. The minimum Gasteiger partial charge on any atom is -0.357 e. The molecule has 0 saturated carbocycles. The summed E-state index contributed by atoms with van der Waals surface area (Å²) in [6.45, 7) is 8.30. The second-order valence-electron chi connectivity index (χ2n) is 7.08. The second kappa shape index (κ2) is 8.73. The van der Waals surface area contributed by atoms with Gasteiger partial charge >= 0.3 is 0 Å². The molecular formula is C20H21N9O2S. The molecule has 2 aliphatic rings. The molecule has 0 aromatic carbocycles. The lowest BCUT2D eigenvalue weighted by Gasteiger charge is -2.20. The summed E-state index contributed by atoms with van der Waals surface area (Å²) in [5.41, 5.74) is 3.30. The van der Waals surface area contributed by atoms with Crippen LogP contribution in [0.3, 0.4) is 0 Å². The van der Waals surface area contributed by atoms with E-state index < -0.39 is 0 Å². The molecule has 1 unspecified atom stereocenters. The minimum atomic E-state index is -0.377. The molecule has 0 aliphatic carbocycles. The summed E-state index contributed by atoms with van der Waals surface area (Å²) >= 11 is 0.951. The predicted molar refractivity (Wildman–Crippen MR) is 121 cm³/mol. The molecule has 0 radical (unpaired) electrons. The molecule has 12 heteroatoms. The van der Waals surface area contributed by atoms with Crippen molar-refractivity contribution in [3.05, 3.63) is 42.2 Å². The van der Waals surface area contributed by atoms with Gasteiger partial charge in [0.2, 0.25) is 11.6 Å². The first-order valence-corrected chi connectivity index (χ1v) is 10.9. The Kier molecular flexibility index (Phi) is 5.64. The fourth-order valence-corrected chi connectivity index (χ4v) is 3.99. The number of hydrogen-bond donors (Lipinski definition) is 0. The van der Waals surface area contributed by atoms with E-state index in [2.05, 4.69) is 38.9 Å². The number of hydrogen-bond acceptors (Lipinski definition) is 11. The Balaban J connectivity index is 1.58. The average Bonchev–Trinajstić information content (AvgIpc) is 3.55. The topological polar surface area (TPSA) is 116 Å². The van der Waals surface area contributed by atoms with Crippen LogP contribution in [0, 0.1) is 6.92 Å². The third kappa shape index (κ3) is 3.66. The number of aryl methyl sites for hydroxylation is 1. The van der Waals surface area contributed by atoms with Crippen molar-refractivity contribution in [2.24, 2.45) is 10.1 Å². The number of nitrogens with zero attached hydrogens (tertiary/aromatic N) is 9. The second-order valence-corrected chi connectivity index (χ2v) is 7.64. The van der Waals surface area contributed by atoms with Crippen LogP contribution in [-0.4, -0.2) is 67.0 Å². The first-order chi connectivity index (χ1) is 15.7. The van der Waals surface area contributed by atoms with E-state index in [1.807, 2.05) is 19.1 Å². The molecule has 2 aliphatic heterocycles. The van der Waals surface area contributed by atoms with Crippen LogP contribution in [0.5, 0.6) is 0 Å². The van der Waals surface area contributed by atoms with Gasteiger partial charge in [-0.15, -0.1) is 10.2 Å². The third-order valence-corrected chi connectivity index (χ3v) is 5.73. The van der Waals surface area contributed by atoms with Crippen LogP contribution in [0.15, 0.2) is 40.8 Å². The zero-order valence-corrected chi connectivity index (χ0v) is 18.7. The summed E-state index contributed by atoms with van der Waals surface area (Å²) in [5.74, 6) is 1.91. The van der Waals surface area contributed by atoms with E-state index in [1.54, 1.807) is 23.3 Å². The molecule has 3 aromatic rings. The molecule has 1 fully saturated rings. The zero-order chi connectivity index (χ0) is 22.1. The largest absolute Gasteiger partial charge is 0.357 e. The van der Waals surface area contributed by atoms with Gasteiger partial charge in [0.25, 0.3) is 0 Å². The fourth-order valence-electron chi connectivity index (χ4n) is 3.51. The van der Waals surface area contributed by atoms with Gasteiger partial charge in [0, 0.05) is 25.5 Å². The Labute approximate surface area is 189 Å². The zero-order valence-electron chi connectivity index (χ0n) is 17.8. The van der Waals surface area contributed by atoms with Crippen molar-refractivity contribution in [1.82, 2.24) is 29.8 Å². The number of fused-ring (bicyclic) bond motifs is 1. The normalized spacial score (nSPS) is 18.8. The number of rotatable bonds is 6. The first kappa shape index (κ1) is 20.7. The van der Waals surface area contributed by atoms with Crippen molar-refractivity contribution in [2.75, 3.05) is 24.6 Å². The molecule has 5 heterocycles. The van der Waals surface area contributed by atoms with E-state index in [9.17, 15) is 0 Å². The molecular weight excluding hydrogens is 430 g/mol. The predicted octanol–water partition coefficient (Wildman–Crippen LogP) is 2.60. The van der Waals surface area contributed by atoms with E-state index >= 15 is 0 Å². The number of pyridine rings is 1. The molecule has 0 spiro atoms. The van der Waals surface area contributed by atoms with Gasteiger partial charge in [-0.3, -0.25) is 13.4 Å². The van der Waals surface area contributed by atoms with Crippen LogP contribution >= 0.6 is 12.3 Å². The van der Waals surface area contributed by atoms with Crippen LogP contribution in [0.4, 0.5) is 11.5 Å². The van der Waals surface area contributed by atoms with E-state index in [1.165, 1.54) is 0 Å². The maximum atomic E-state index is 5.63. The Morgan fingerprint density at radius 3 is 2.72 bits per heavy atom. The van der Waals surface area contributed by atoms with Gasteiger partial charge in [0.05, 0.1) is 24.2 Å². The average molecular weight is 452 g/mol. The summed E-state index contributed by atoms with van der Waals surface area (Å²) in [6.07, 6.45) is 4.44. The molecule has 0 bridgehead atoms. The van der Waals surface area contributed by atoms with Crippen LogP contribution in [0.25, 0.3) is 11.5 Å². The number of anilines is 1. The highest BCUT2D eigenvalue weighted by molar-refractivity contribution is 7.90. The Morgan fingerprint density at radius 1 is 1.19 bits per heavy atom. The summed E-state index contributed by atoms with van der Waals surface area (Å²) < 4.78 is 12.6. The van der Waals surface area contributed by atoms with Crippen molar-refractivity contribution < 1.29 is 8.37 Å². The van der Waals surface area contributed by atoms with Gasteiger partial charge in [-0.2, -0.15) is 9.78 Å². The van der Waals surface area contributed by atoms with Crippen molar-refractivity contribution in [3.63, 3.8) is 0 Å². The summed E-state index contributed by atoms with van der Waals surface area (Å²) in [6, 6.07) is 3.94. The molecule has 32 heavy (non-hydrogen) atoms. The Morgan fingerprint density at radius 2 is 2.03 bits per heavy atom. The van der Waals surface area contributed by atoms with Gasteiger partial charge in [-0.05, 0) is 32.9 Å². The summed E-state index contributed by atoms with van der Waals surface area (Å²) in [5, 5.41) is 13.3. The monoisotopic (exact) mass is 451 g/mol. The SMILES string of the molecule is CCN(CC)c1ccc(/N=C2/C(C3COSO3)=Nn3c2nnc3-c2cnccn2)c(C)n1. The number of aliphatic imine (C=N–C) groups is 1. The standard InChI is InChI=1S/C20H21N9O2S/c1-4-28(5-2)16-7-6-13(12(3)23-16)24-18-17(15-11-30-32-31-15)27-29-19(25-26-20(18)29)14-10-21-8-9-22-14/h6-10,15H,4-5,11H2,1-3H3/b24-18-. The Bertz CT molecular complexity index is 1190. The maximum absolute atomic E-state index is 5.63. The van der Waals surface area contributed by atoms with Crippen molar-refractivity contribution in [2.45, 2.75) is 26.9 Å². The molecule has 5 rings (SSSR count). The van der Waals surface area contributed by atoms with Crippen molar-refractivity contribution in [3.8, 4) is 11.5 Å². The van der Waals surface area contributed by atoms with Gasteiger partial charge in [-0.25, -0.2) is 15.0 Å². The molecule has 0 N–H and O–H groups in total. The highest BCUT2D eigenvalue weighted by atomic mass is 32.2. The van der Waals surface area contributed by atoms with Gasteiger partial charge in [0.15, 0.2) is 12.3 Å². The lowest BCUT2D eigenvalue weighted by molar-refractivity contribution is 0.313. The maximum Gasteiger partial charge on any atom is 0.205 e. The molecule has 164 valence electrons. The summed E-state index contributed by atoms with van der Waals surface area (Å²) in [4.78, 5) is 20.3. The van der Waals surface area contributed by atoms with Crippen LogP contribution in [0.2, 0.25) is 0 Å². The fraction of sp³-hybridized carbons (Fsp3) is 0.350. The van der Waals surface area contributed by atoms with Gasteiger partial charge in [-0.1, -0.05) is 0 Å². The highest BCUT2D eigenvalue weighted by Gasteiger charge is 2.37. The molecule has 0 amide bonds. The first-order valence-electron chi connectivity index (χ1n) is 10.3. The van der Waals surface area contributed by atoms with E-state index in [0.717, 1.165) is 42.6 Å². The quantitative estimate of drug-likeness (QED) is 0.521. The number of aromatic nitrogens is 6. The van der Waals surface area contributed by atoms with Crippen molar-refractivity contribution in [1.29, 1.82) is 0 Å². The molecule has 1 atom stereocenters. The third-order valence-electron chi connectivity index (χ3n) is 5.19. The molecule has 3 aromatic heterocycles. The van der Waals surface area contributed by atoms with E-state index in [0.29, 0.717) is 35.4 Å². The van der Waals surface area contributed by atoms with E-state index in [-0.39, 0.29) is 6.10 Å². The Hall–Kier alpha value is -3.22. The van der Waals surface area contributed by atoms with Crippen LogP contribution < -0.4 is 4.90 Å². The highest BCUT2D eigenvalue weighted by Crippen LogP contribution is 2.29. The van der Waals surface area contributed by atoms with Crippen LogP contribution in [0.1, 0.15) is 25.4 Å². The smallest absolute Gasteiger partial charge is 0.205 e. The lowest BCUT2D eigenvalue weighted by Crippen LogP contribution is -2.28. The van der Waals surface area contributed by atoms with Crippen molar-refractivity contribution >= 4 is 35.3 Å². The van der Waals surface area contributed by atoms with E-state index in [4.69, 9.17) is 23.4 Å². The molecule has 1 saturated heterocycles. The minimum absolute atomic E-state index is 0.361. The van der Waals surface area contributed by atoms with Gasteiger partial charge in [0.1, 0.15) is 29.0 Å². The summed E-state index contributed by atoms with van der Waals surface area (Å²) in [7, 11) is 0. The van der Waals surface area contributed by atoms with Gasteiger partial charge < -0.3 is 4.90 Å². The molecule has 11 nitrogen and oxygen atoms in total.